The van der Waals surface area contributed by atoms with Crippen molar-refractivity contribution in [3.8, 4) is 0 Å². The van der Waals surface area contributed by atoms with Crippen LogP contribution in [0.15, 0.2) is 21.5 Å². The number of anilines is 1. The fourth-order valence-electron chi connectivity index (χ4n) is 1.75. The summed E-state index contributed by atoms with van der Waals surface area (Å²) in [5.41, 5.74) is 0.866. The molecule has 0 radical (unpaired) electrons. The summed E-state index contributed by atoms with van der Waals surface area (Å²) in [7, 11) is -3.89. The van der Waals surface area contributed by atoms with Crippen LogP contribution < -0.4 is 4.72 Å². The van der Waals surface area contributed by atoms with Gasteiger partial charge in [0.15, 0.2) is 5.13 Å². The molecule has 0 atom stereocenters. The molecule has 1 aromatic heterocycles. The van der Waals surface area contributed by atoms with E-state index in [1.165, 1.54) is 23.5 Å². The van der Waals surface area contributed by atoms with Gasteiger partial charge in [-0.25, -0.2) is 13.4 Å². The molecule has 0 saturated carbocycles. The Morgan fingerprint density at radius 2 is 1.90 bits per heavy atom. The first-order valence-corrected chi connectivity index (χ1v) is 9.73. The van der Waals surface area contributed by atoms with E-state index < -0.39 is 10.0 Å². The van der Waals surface area contributed by atoms with E-state index in [-0.39, 0.29) is 14.9 Å². The minimum atomic E-state index is -3.89. The molecule has 9 heteroatoms. The smallest absolute Gasteiger partial charge is 0.255 e. The summed E-state index contributed by atoms with van der Waals surface area (Å²) in [5, 5.41) is 0.399. The molecule has 0 amide bonds. The van der Waals surface area contributed by atoms with E-state index in [1.807, 2.05) is 13.8 Å². The Morgan fingerprint density at radius 3 is 2.38 bits per heavy atom. The molecule has 1 N–H and O–H groups in total. The van der Waals surface area contributed by atoms with E-state index in [0.29, 0.717) is 9.60 Å². The van der Waals surface area contributed by atoms with Gasteiger partial charge in [0.1, 0.15) is 4.90 Å². The minimum absolute atomic E-state index is 0.0471. The minimum Gasteiger partial charge on any atom is -0.255 e. The van der Waals surface area contributed by atoms with Crippen LogP contribution in [-0.2, 0) is 16.4 Å². The Hall–Kier alpha value is -0.340. The highest BCUT2D eigenvalue weighted by Crippen LogP contribution is 2.34. The summed E-state index contributed by atoms with van der Waals surface area (Å²) >= 11 is 16.5. The highest BCUT2D eigenvalue weighted by Gasteiger charge is 2.24. The van der Waals surface area contributed by atoms with Gasteiger partial charge in [-0.3, -0.25) is 4.72 Å². The van der Waals surface area contributed by atoms with Crippen molar-refractivity contribution in [2.75, 3.05) is 4.72 Å². The first kappa shape index (κ1) is 17.0. The van der Waals surface area contributed by atoms with Gasteiger partial charge < -0.3 is 0 Å². The maximum absolute atomic E-state index is 12.4. The third-order valence-electron chi connectivity index (χ3n) is 2.68. The summed E-state index contributed by atoms with van der Waals surface area (Å²) in [6, 6.07) is 2.96. The van der Waals surface area contributed by atoms with Crippen molar-refractivity contribution in [2.24, 2.45) is 0 Å². The second kappa shape index (κ2) is 6.42. The Balaban J connectivity index is 2.43. The van der Waals surface area contributed by atoms with Crippen molar-refractivity contribution in [1.29, 1.82) is 0 Å². The number of aromatic nitrogens is 1. The maximum atomic E-state index is 12.4. The van der Waals surface area contributed by atoms with E-state index in [2.05, 4.69) is 25.6 Å². The van der Waals surface area contributed by atoms with Gasteiger partial charge in [0.05, 0.1) is 15.7 Å². The molecule has 0 aliphatic carbocycles. The molecule has 0 aliphatic heterocycles. The van der Waals surface area contributed by atoms with Crippen molar-refractivity contribution >= 4 is 65.6 Å². The molecule has 21 heavy (non-hydrogen) atoms. The van der Waals surface area contributed by atoms with Crippen LogP contribution in [0.1, 0.15) is 17.5 Å². The molecule has 2 aromatic rings. The number of halogens is 3. The standard InChI is InChI=1S/C12H11BrCl2N2O2S2/c1-3-10-6(2)20-12(16-10)17-21(18,19)11-8(14)4-7(13)5-9(11)15/h4-5H,3H2,1-2H3,(H,16,17). The molecule has 0 fully saturated rings. The predicted octanol–water partition coefficient (Wildman–Crippen LogP) is 4.88. The zero-order valence-electron chi connectivity index (χ0n) is 11.1. The monoisotopic (exact) mass is 428 g/mol. The summed E-state index contributed by atoms with van der Waals surface area (Å²) < 4.78 is 27.9. The molecular weight excluding hydrogens is 419 g/mol. The van der Waals surface area contributed by atoms with E-state index in [0.717, 1.165) is 17.0 Å². The number of rotatable bonds is 4. The number of benzene rings is 1. The fraction of sp³-hybridized carbons (Fsp3) is 0.250. The molecule has 114 valence electrons. The molecule has 0 bridgehead atoms. The second-order valence-corrected chi connectivity index (χ2v) is 8.73. The van der Waals surface area contributed by atoms with Crippen LogP contribution in [0, 0.1) is 6.92 Å². The first-order chi connectivity index (χ1) is 9.74. The van der Waals surface area contributed by atoms with Crippen molar-refractivity contribution < 1.29 is 8.42 Å². The Kier molecular flexibility index (Phi) is 5.20. The van der Waals surface area contributed by atoms with Gasteiger partial charge in [-0.05, 0) is 25.5 Å². The SMILES string of the molecule is CCc1nc(NS(=O)(=O)c2c(Cl)cc(Br)cc2Cl)sc1C. The number of hydrogen-bond acceptors (Lipinski definition) is 4. The summed E-state index contributed by atoms with van der Waals surface area (Å²) in [4.78, 5) is 5.07. The molecule has 1 heterocycles. The number of nitrogens with zero attached hydrogens (tertiary/aromatic N) is 1. The molecule has 4 nitrogen and oxygen atoms in total. The first-order valence-electron chi connectivity index (χ1n) is 5.88. The van der Waals surface area contributed by atoms with Gasteiger partial charge in [-0.2, -0.15) is 0 Å². The lowest BCUT2D eigenvalue weighted by Gasteiger charge is -2.09. The zero-order chi connectivity index (χ0) is 15.8. The second-order valence-electron chi connectivity index (χ2n) is 4.18. The van der Waals surface area contributed by atoms with Crippen LogP contribution in [0.2, 0.25) is 10.0 Å². The third-order valence-corrected chi connectivity index (χ3v) is 6.46. The molecule has 0 aliphatic rings. The highest BCUT2D eigenvalue weighted by atomic mass is 79.9. The van der Waals surface area contributed by atoms with Crippen LogP contribution >= 0.6 is 50.5 Å². The van der Waals surface area contributed by atoms with Gasteiger partial charge in [0, 0.05) is 9.35 Å². The maximum Gasteiger partial charge on any atom is 0.266 e. The van der Waals surface area contributed by atoms with Crippen molar-refractivity contribution in [1.82, 2.24) is 4.98 Å². The number of sulfonamides is 1. The zero-order valence-corrected chi connectivity index (χ0v) is 15.8. The molecule has 1 aromatic carbocycles. The van der Waals surface area contributed by atoms with Crippen LogP contribution in [-0.4, -0.2) is 13.4 Å². The molecule has 0 unspecified atom stereocenters. The van der Waals surface area contributed by atoms with E-state index in [4.69, 9.17) is 23.2 Å². The number of nitrogens with one attached hydrogen (secondary N) is 1. The normalized spacial score (nSPS) is 11.7. The highest BCUT2D eigenvalue weighted by molar-refractivity contribution is 9.10. The number of hydrogen-bond donors (Lipinski definition) is 1. The van der Waals surface area contributed by atoms with Gasteiger partial charge in [-0.1, -0.05) is 46.1 Å². The van der Waals surface area contributed by atoms with Gasteiger partial charge >= 0.3 is 0 Å². The number of aryl methyl sites for hydroxylation is 2. The fourth-order valence-corrected chi connectivity index (χ4v) is 5.83. The van der Waals surface area contributed by atoms with Crippen molar-refractivity contribution in [3.63, 3.8) is 0 Å². The predicted molar refractivity (Wildman–Crippen MR) is 91.2 cm³/mol. The quantitative estimate of drug-likeness (QED) is 0.752. The molecular formula is C12H11BrCl2N2O2S2. The van der Waals surface area contributed by atoms with E-state index in [9.17, 15) is 8.42 Å². The van der Waals surface area contributed by atoms with Gasteiger partial charge in [0.2, 0.25) is 0 Å². The lowest BCUT2D eigenvalue weighted by molar-refractivity contribution is 0.601. The lowest BCUT2D eigenvalue weighted by atomic mass is 10.3. The topological polar surface area (TPSA) is 59.1 Å². The van der Waals surface area contributed by atoms with Gasteiger partial charge in [-0.15, -0.1) is 11.3 Å². The van der Waals surface area contributed by atoms with Crippen LogP contribution in [0.25, 0.3) is 0 Å². The number of thiazole rings is 1. The molecule has 0 saturated heterocycles. The molecule has 0 spiro atoms. The lowest BCUT2D eigenvalue weighted by Crippen LogP contribution is -2.14. The van der Waals surface area contributed by atoms with Crippen molar-refractivity contribution in [3.05, 3.63) is 37.2 Å². The largest absolute Gasteiger partial charge is 0.266 e. The van der Waals surface area contributed by atoms with Crippen molar-refractivity contribution in [2.45, 2.75) is 25.2 Å². The van der Waals surface area contributed by atoms with E-state index >= 15 is 0 Å². The molecule has 2 rings (SSSR count). The summed E-state index contributed by atoms with van der Waals surface area (Å²) in [6.45, 7) is 3.86. The third kappa shape index (κ3) is 3.71. The average Bonchev–Trinajstić information content (AvgIpc) is 2.66. The van der Waals surface area contributed by atoms with Crippen LogP contribution in [0.5, 0.6) is 0 Å². The van der Waals surface area contributed by atoms with E-state index in [1.54, 1.807) is 0 Å². The van der Waals surface area contributed by atoms with Gasteiger partial charge in [0.25, 0.3) is 10.0 Å². The Labute approximate surface area is 145 Å². The average molecular weight is 430 g/mol. The van der Waals surface area contributed by atoms with Crippen LogP contribution in [0.4, 0.5) is 5.13 Å². The Bertz CT molecular complexity index is 768. The summed E-state index contributed by atoms with van der Waals surface area (Å²) in [5.74, 6) is 0. The Morgan fingerprint density at radius 1 is 1.33 bits per heavy atom. The summed E-state index contributed by atoms with van der Waals surface area (Å²) in [6.07, 6.45) is 0.740. The van der Waals surface area contributed by atoms with Crippen LogP contribution in [0.3, 0.4) is 0 Å².